The predicted octanol–water partition coefficient (Wildman–Crippen LogP) is 2.24. The van der Waals surface area contributed by atoms with Gasteiger partial charge in [-0.15, -0.1) is 0 Å². The van der Waals surface area contributed by atoms with Crippen molar-refractivity contribution < 1.29 is 14.3 Å². The molecule has 25 heavy (non-hydrogen) atoms. The summed E-state index contributed by atoms with van der Waals surface area (Å²) in [4.78, 5) is 22.0. The van der Waals surface area contributed by atoms with E-state index < -0.39 is 0 Å². The molecule has 7 heteroatoms. The van der Waals surface area contributed by atoms with Crippen molar-refractivity contribution in [3.63, 3.8) is 0 Å². The Bertz CT molecular complexity index is 670. The van der Waals surface area contributed by atoms with Gasteiger partial charge in [0.15, 0.2) is 0 Å². The third-order valence-corrected chi connectivity index (χ3v) is 4.17. The zero-order chi connectivity index (χ0) is 17.5. The molecule has 2 heterocycles. The van der Waals surface area contributed by atoms with Crippen LogP contribution in [0.2, 0.25) is 0 Å². The number of nitrogens with zero attached hydrogens (tertiary/aromatic N) is 3. The number of amides is 2. The normalized spacial score (nSPS) is 14.8. The number of ether oxygens (including phenoxy) is 2. The van der Waals surface area contributed by atoms with Crippen molar-refractivity contribution in [1.29, 1.82) is 0 Å². The number of piperidine rings is 1. The lowest BCUT2D eigenvalue weighted by Gasteiger charge is -2.31. The second-order valence-corrected chi connectivity index (χ2v) is 5.86. The average molecular weight is 342 g/mol. The first-order valence-electron chi connectivity index (χ1n) is 8.33. The first-order chi connectivity index (χ1) is 12.2. The lowest BCUT2D eigenvalue weighted by Crippen LogP contribution is -2.46. The molecule has 1 saturated heterocycles. The van der Waals surface area contributed by atoms with E-state index in [2.05, 4.69) is 15.3 Å². The van der Waals surface area contributed by atoms with Gasteiger partial charge in [0.25, 0.3) is 0 Å². The molecule has 0 spiro atoms. The number of aromatic nitrogens is 2. The monoisotopic (exact) mass is 342 g/mol. The van der Waals surface area contributed by atoms with Crippen LogP contribution in [0.25, 0.3) is 0 Å². The molecular weight excluding hydrogens is 320 g/mol. The van der Waals surface area contributed by atoms with Crippen LogP contribution in [0.15, 0.2) is 42.9 Å². The van der Waals surface area contributed by atoms with Crippen LogP contribution in [0.3, 0.4) is 0 Å². The van der Waals surface area contributed by atoms with Crippen LogP contribution in [-0.2, 0) is 6.54 Å². The SMILES string of the molecule is COc1ccc(CNC(=O)N2CCC(Oc3ccncn3)CC2)cc1. The number of rotatable bonds is 5. The molecule has 1 fully saturated rings. The number of hydrogen-bond donors (Lipinski definition) is 1. The Morgan fingerprint density at radius 2 is 2.00 bits per heavy atom. The van der Waals surface area contributed by atoms with E-state index in [9.17, 15) is 4.79 Å². The molecule has 0 aliphatic carbocycles. The van der Waals surface area contributed by atoms with Gasteiger partial charge in [0.1, 0.15) is 18.2 Å². The molecule has 2 amide bonds. The molecule has 2 aromatic rings. The maximum Gasteiger partial charge on any atom is 0.317 e. The molecule has 1 aliphatic heterocycles. The van der Waals surface area contributed by atoms with E-state index in [1.54, 1.807) is 19.4 Å². The summed E-state index contributed by atoms with van der Waals surface area (Å²) in [6, 6.07) is 9.36. The fourth-order valence-electron chi connectivity index (χ4n) is 2.73. The highest BCUT2D eigenvalue weighted by molar-refractivity contribution is 5.74. The number of hydrogen-bond acceptors (Lipinski definition) is 5. The average Bonchev–Trinajstić information content (AvgIpc) is 2.68. The summed E-state index contributed by atoms with van der Waals surface area (Å²) in [6.45, 7) is 1.84. The van der Waals surface area contributed by atoms with Gasteiger partial charge in [-0.3, -0.25) is 0 Å². The number of carbonyl (C=O) groups excluding carboxylic acids is 1. The van der Waals surface area contributed by atoms with Gasteiger partial charge in [0, 0.05) is 44.7 Å². The highest BCUT2D eigenvalue weighted by Gasteiger charge is 2.24. The van der Waals surface area contributed by atoms with Crippen molar-refractivity contribution in [1.82, 2.24) is 20.2 Å². The Hall–Kier alpha value is -2.83. The Morgan fingerprint density at radius 3 is 2.64 bits per heavy atom. The molecule has 3 rings (SSSR count). The molecule has 1 aromatic carbocycles. The first-order valence-corrected chi connectivity index (χ1v) is 8.33. The first kappa shape index (κ1) is 17.0. The van der Waals surface area contributed by atoms with Crippen molar-refractivity contribution in [2.45, 2.75) is 25.5 Å². The molecule has 0 atom stereocenters. The second-order valence-electron chi connectivity index (χ2n) is 5.86. The molecule has 0 saturated carbocycles. The van der Waals surface area contributed by atoms with Crippen LogP contribution < -0.4 is 14.8 Å². The van der Waals surface area contributed by atoms with Crippen molar-refractivity contribution >= 4 is 6.03 Å². The molecule has 132 valence electrons. The summed E-state index contributed by atoms with van der Waals surface area (Å²) < 4.78 is 10.9. The zero-order valence-electron chi connectivity index (χ0n) is 14.2. The summed E-state index contributed by atoms with van der Waals surface area (Å²) >= 11 is 0. The Balaban J connectivity index is 1.41. The van der Waals surface area contributed by atoms with Crippen LogP contribution in [0.5, 0.6) is 11.6 Å². The lowest BCUT2D eigenvalue weighted by atomic mass is 10.1. The van der Waals surface area contributed by atoms with E-state index >= 15 is 0 Å². The summed E-state index contributed by atoms with van der Waals surface area (Å²) in [5, 5.41) is 2.96. The van der Waals surface area contributed by atoms with E-state index in [0.29, 0.717) is 25.5 Å². The molecule has 1 aromatic heterocycles. The Kier molecular flexibility index (Phi) is 5.66. The van der Waals surface area contributed by atoms with E-state index in [1.807, 2.05) is 29.2 Å². The minimum atomic E-state index is -0.0451. The van der Waals surface area contributed by atoms with Crippen molar-refractivity contribution in [2.24, 2.45) is 0 Å². The fourth-order valence-corrected chi connectivity index (χ4v) is 2.73. The highest BCUT2D eigenvalue weighted by atomic mass is 16.5. The van der Waals surface area contributed by atoms with Gasteiger partial charge in [0.05, 0.1) is 7.11 Å². The zero-order valence-corrected chi connectivity index (χ0v) is 14.2. The lowest BCUT2D eigenvalue weighted by molar-refractivity contribution is 0.107. The third-order valence-electron chi connectivity index (χ3n) is 4.17. The molecule has 0 unspecified atom stereocenters. The Labute approximate surface area is 147 Å². The van der Waals surface area contributed by atoms with E-state index in [4.69, 9.17) is 9.47 Å². The van der Waals surface area contributed by atoms with Gasteiger partial charge < -0.3 is 19.7 Å². The van der Waals surface area contributed by atoms with Gasteiger partial charge in [-0.05, 0) is 17.7 Å². The van der Waals surface area contributed by atoms with Crippen molar-refractivity contribution in [2.75, 3.05) is 20.2 Å². The molecule has 0 bridgehead atoms. The van der Waals surface area contributed by atoms with Gasteiger partial charge in [-0.25, -0.2) is 14.8 Å². The highest BCUT2D eigenvalue weighted by Crippen LogP contribution is 2.17. The largest absolute Gasteiger partial charge is 0.497 e. The third kappa shape index (κ3) is 4.82. The van der Waals surface area contributed by atoms with Gasteiger partial charge in [-0.2, -0.15) is 0 Å². The van der Waals surface area contributed by atoms with Crippen LogP contribution in [0.1, 0.15) is 18.4 Å². The van der Waals surface area contributed by atoms with Crippen LogP contribution in [0, 0.1) is 0 Å². The smallest absolute Gasteiger partial charge is 0.317 e. The number of carbonyl (C=O) groups is 1. The minimum absolute atomic E-state index is 0.0451. The summed E-state index contributed by atoms with van der Waals surface area (Å²) in [6.07, 6.45) is 4.79. The summed E-state index contributed by atoms with van der Waals surface area (Å²) in [5.74, 6) is 1.39. The fraction of sp³-hybridized carbons (Fsp3) is 0.389. The number of likely N-dealkylation sites (tertiary alicyclic amines) is 1. The van der Waals surface area contributed by atoms with Crippen molar-refractivity contribution in [3.05, 3.63) is 48.4 Å². The van der Waals surface area contributed by atoms with Gasteiger partial charge in [-0.1, -0.05) is 12.1 Å². The molecule has 0 radical (unpaired) electrons. The molecule has 7 nitrogen and oxygen atoms in total. The van der Waals surface area contributed by atoms with E-state index in [1.165, 1.54) is 6.33 Å². The summed E-state index contributed by atoms with van der Waals surface area (Å²) in [7, 11) is 1.63. The standard InChI is InChI=1S/C18H22N4O3/c1-24-15-4-2-14(3-5-15)12-20-18(23)22-10-7-16(8-11-22)25-17-6-9-19-13-21-17/h2-6,9,13,16H,7-8,10-12H2,1H3,(H,20,23). The molecular formula is C18H22N4O3. The van der Waals surface area contributed by atoms with Gasteiger partial charge in [0.2, 0.25) is 5.88 Å². The number of methoxy groups -OCH3 is 1. The number of benzene rings is 1. The topological polar surface area (TPSA) is 76.6 Å². The van der Waals surface area contributed by atoms with Gasteiger partial charge >= 0.3 is 6.03 Å². The van der Waals surface area contributed by atoms with E-state index in [0.717, 1.165) is 24.2 Å². The van der Waals surface area contributed by atoms with Crippen LogP contribution in [0.4, 0.5) is 4.79 Å². The number of nitrogens with one attached hydrogen (secondary N) is 1. The van der Waals surface area contributed by atoms with Crippen molar-refractivity contribution in [3.8, 4) is 11.6 Å². The summed E-state index contributed by atoms with van der Waals surface area (Å²) in [5.41, 5.74) is 1.04. The maximum absolute atomic E-state index is 12.3. The number of urea groups is 1. The van der Waals surface area contributed by atoms with Crippen LogP contribution in [-0.4, -0.2) is 47.2 Å². The van der Waals surface area contributed by atoms with Crippen LogP contribution >= 0.6 is 0 Å². The minimum Gasteiger partial charge on any atom is -0.497 e. The molecule has 1 N–H and O–H groups in total. The Morgan fingerprint density at radius 1 is 1.24 bits per heavy atom. The van der Waals surface area contributed by atoms with E-state index in [-0.39, 0.29) is 12.1 Å². The second kappa shape index (κ2) is 8.32. The quantitative estimate of drug-likeness (QED) is 0.902. The maximum atomic E-state index is 12.3. The predicted molar refractivity (Wildman–Crippen MR) is 92.5 cm³/mol. The molecule has 1 aliphatic rings.